The minimum Gasteiger partial charge on any atom is -0.506 e. The molecule has 0 aliphatic rings. The van der Waals surface area contributed by atoms with E-state index in [-0.39, 0.29) is 17.1 Å². The van der Waals surface area contributed by atoms with Gasteiger partial charge < -0.3 is 9.84 Å². The second kappa shape index (κ2) is 7.55. The number of nitrogens with zero attached hydrogens (tertiary/aromatic N) is 1. The van der Waals surface area contributed by atoms with E-state index >= 15 is 0 Å². The summed E-state index contributed by atoms with van der Waals surface area (Å²) >= 11 is 0. The Kier molecular flexibility index (Phi) is 5.47. The summed E-state index contributed by atoms with van der Waals surface area (Å²) in [4.78, 5) is 16.1. The van der Waals surface area contributed by atoms with Crippen molar-refractivity contribution in [2.75, 3.05) is 7.11 Å². The number of ether oxygens (including phenoxy) is 1. The molecule has 0 spiro atoms. The monoisotopic (exact) mass is 327 g/mol. The maximum Gasteiger partial charge on any atom is 0.343 e. The molecular weight excluding hydrogens is 309 g/mol. The Balaban J connectivity index is 2.44. The zero-order chi connectivity index (χ0) is 17.7. The molecule has 0 aliphatic carbocycles. The molecule has 2 aromatic rings. The minimum atomic E-state index is -0.711. The molecule has 1 N–H and O–H groups in total. The van der Waals surface area contributed by atoms with Crippen molar-refractivity contribution in [2.45, 2.75) is 13.8 Å². The fourth-order valence-electron chi connectivity index (χ4n) is 2.03. The second-order valence-electron chi connectivity index (χ2n) is 5.29. The van der Waals surface area contributed by atoms with Gasteiger partial charge >= 0.3 is 5.97 Å². The van der Waals surface area contributed by atoms with Crippen LogP contribution >= 0.6 is 0 Å². The molecule has 24 heavy (non-hydrogen) atoms. The number of hydrogen-bond donors (Lipinski definition) is 1. The van der Waals surface area contributed by atoms with Crippen LogP contribution in [0.3, 0.4) is 0 Å². The molecule has 0 atom stereocenters. The molecule has 0 bridgehead atoms. The number of hydrogen-bond acceptors (Lipinski definition) is 4. The van der Waals surface area contributed by atoms with Gasteiger partial charge in [-0.3, -0.25) is 4.99 Å². The molecule has 2 aromatic carbocycles. The Bertz CT molecular complexity index is 808. The number of rotatable bonds is 4. The van der Waals surface area contributed by atoms with E-state index in [9.17, 15) is 14.3 Å². The molecule has 0 unspecified atom stereocenters. The van der Waals surface area contributed by atoms with Crippen molar-refractivity contribution in [2.24, 2.45) is 4.99 Å². The Morgan fingerprint density at radius 3 is 2.38 bits per heavy atom. The van der Waals surface area contributed by atoms with Gasteiger partial charge in [0.1, 0.15) is 17.1 Å². The topological polar surface area (TPSA) is 58.9 Å². The minimum absolute atomic E-state index is 0.0786. The third kappa shape index (κ3) is 4.07. The Labute approximate surface area is 139 Å². The molecule has 0 saturated carbocycles. The van der Waals surface area contributed by atoms with E-state index in [1.165, 1.54) is 37.6 Å². The molecule has 0 heterocycles. The molecule has 5 heteroatoms. The third-order valence-electron chi connectivity index (χ3n) is 3.61. The summed E-state index contributed by atoms with van der Waals surface area (Å²) < 4.78 is 17.6. The number of aliphatic hydroxyl groups excluding tert-OH is 1. The number of aryl methyl sites for hydroxylation is 2. The normalized spacial score (nSPS) is 12.2. The summed E-state index contributed by atoms with van der Waals surface area (Å²) in [5.74, 6) is -1.32. The number of benzene rings is 2. The van der Waals surface area contributed by atoms with Gasteiger partial charge in [-0.2, -0.15) is 0 Å². The predicted octanol–water partition coefficient (Wildman–Crippen LogP) is 4.29. The first kappa shape index (κ1) is 17.4. The van der Waals surface area contributed by atoms with Crippen LogP contribution in [0.25, 0.3) is 5.76 Å². The van der Waals surface area contributed by atoms with Crippen molar-refractivity contribution in [1.82, 2.24) is 0 Å². The average Bonchev–Trinajstić information content (AvgIpc) is 2.58. The van der Waals surface area contributed by atoms with E-state index in [4.69, 9.17) is 4.74 Å². The molecule has 0 aromatic heterocycles. The van der Waals surface area contributed by atoms with Crippen LogP contribution in [-0.4, -0.2) is 24.4 Å². The summed E-state index contributed by atoms with van der Waals surface area (Å²) in [6.45, 7) is 3.87. The summed E-state index contributed by atoms with van der Waals surface area (Å²) in [5.41, 5.74) is 2.92. The molecule has 0 radical (unpaired) electrons. The van der Waals surface area contributed by atoms with E-state index in [0.29, 0.717) is 11.3 Å². The van der Waals surface area contributed by atoms with Crippen LogP contribution in [-0.2, 0) is 9.53 Å². The highest BCUT2D eigenvalue weighted by atomic mass is 19.1. The lowest BCUT2D eigenvalue weighted by Gasteiger charge is -2.08. The second-order valence-corrected chi connectivity index (χ2v) is 5.29. The van der Waals surface area contributed by atoms with Gasteiger partial charge in [0.05, 0.1) is 12.8 Å². The number of carbonyl (C=O) groups is 1. The molecule has 0 fully saturated rings. The van der Waals surface area contributed by atoms with Crippen molar-refractivity contribution in [3.8, 4) is 0 Å². The maximum absolute atomic E-state index is 12.9. The van der Waals surface area contributed by atoms with Gasteiger partial charge in [-0.25, -0.2) is 9.18 Å². The Hall–Kier alpha value is -2.95. The highest BCUT2D eigenvalue weighted by Gasteiger charge is 2.16. The van der Waals surface area contributed by atoms with Gasteiger partial charge in [0.25, 0.3) is 0 Å². The van der Waals surface area contributed by atoms with Gasteiger partial charge in [-0.1, -0.05) is 12.1 Å². The van der Waals surface area contributed by atoms with Crippen LogP contribution < -0.4 is 0 Å². The predicted molar refractivity (Wildman–Crippen MR) is 92.0 cm³/mol. The number of aliphatic hydroxyl groups is 1. The fraction of sp³-hybridized carbons (Fsp3) is 0.158. The van der Waals surface area contributed by atoms with E-state index in [2.05, 4.69) is 4.99 Å². The van der Waals surface area contributed by atoms with E-state index in [1.807, 2.05) is 19.9 Å². The average molecular weight is 327 g/mol. The van der Waals surface area contributed by atoms with Crippen molar-refractivity contribution in [1.29, 1.82) is 0 Å². The van der Waals surface area contributed by atoms with Gasteiger partial charge in [-0.05, 0) is 55.3 Å². The van der Waals surface area contributed by atoms with Crippen LogP contribution in [0.2, 0.25) is 0 Å². The zero-order valence-electron chi connectivity index (χ0n) is 13.7. The molecular formula is C19H18FNO3. The maximum atomic E-state index is 12.9. The van der Waals surface area contributed by atoms with E-state index < -0.39 is 5.97 Å². The van der Waals surface area contributed by atoms with Gasteiger partial charge in [0.2, 0.25) is 0 Å². The van der Waals surface area contributed by atoms with Crippen molar-refractivity contribution >= 4 is 23.6 Å². The van der Waals surface area contributed by atoms with Crippen molar-refractivity contribution in [3.05, 3.63) is 70.5 Å². The molecule has 4 nitrogen and oxygen atoms in total. The Morgan fingerprint density at radius 2 is 1.79 bits per heavy atom. The summed E-state index contributed by atoms with van der Waals surface area (Å²) in [6, 6.07) is 10.8. The number of carbonyl (C=O) groups excluding carboxylic acids is 1. The van der Waals surface area contributed by atoms with Crippen LogP contribution in [0.1, 0.15) is 16.7 Å². The number of halogens is 1. The van der Waals surface area contributed by atoms with Crippen molar-refractivity contribution < 1.29 is 19.0 Å². The first-order valence-corrected chi connectivity index (χ1v) is 7.31. The van der Waals surface area contributed by atoms with Gasteiger partial charge in [0, 0.05) is 11.8 Å². The summed E-state index contributed by atoms with van der Waals surface area (Å²) in [7, 11) is 1.22. The molecule has 0 amide bonds. The summed E-state index contributed by atoms with van der Waals surface area (Å²) in [6.07, 6.45) is 1.21. The van der Waals surface area contributed by atoms with E-state index in [0.717, 1.165) is 11.1 Å². The number of methoxy groups -OCH3 is 1. The summed E-state index contributed by atoms with van der Waals surface area (Å²) in [5, 5.41) is 10.4. The van der Waals surface area contributed by atoms with Gasteiger partial charge in [-0.15, -0.1) is 0 Å². The number of aliphatic imine (C=N–C) groups is 1. The molecule has 0 aliphatic heterocycles. The smallest absolute Gasteiger partial charge is 0.343 e. The largest absolute Gasteiger partial charge is 0.506 e. The first-order valence-electron chi connectivity index (χ1n) is 7.31. The van der Waals surface area contributed by atoms with Crippen LogP contribution in [0.4, 0.5) is 10.1 Å². The fourth-order valence-corrected chi connectivity index (χ4v) is 2.03. The highest BCUT2D eigenvalue weighted by molar-refractivity contribution is 6.15. The zero-order valence-corrected chi connectivity index (χ0v) is 13.7. The lowest BCUT2D eigenvalue weighted by molar-refractivity contribution is -0.135. The lowest BCUT2D eigenvalue weighted by Crippen LogP contribution is -2.09. The standard InChI is InChI=1S/C19H18FNO3/c1-12-4-5-14(10-13(12)2)18(22)17(19(23)24-3)11-21-16-8-6-15(20)7-9-16/h4-11,22H,1-3H3. The SMILES string of the molecule is COC(=O)C(C=Nc1ccc(F)cc1)=C(O)c1ccc(C)c(C)c1. The molecule has 0 saturated heterocycles. The van der Waals surface area contributed by atoms with Crippen LogP contribution in [0.15, 0.2) is 53.0 Å². The van der Waals surface area contributed by atoms with Gasteiger partial charge in [0.15, 0.2) is 0 Å². The lowest BCUT2D eigenvalue weighted by atomic mass is 10.0. The first-order chi connectivity index (χ1) is 11.4. The quantitative estimate of drug-likeness (QED) is 0.394. The Morgan fingerprint density at radius 1 is 1.12 bits per heavy atom. The third-order valence-corrected chi connectivity index (χ3v) is 3.61. The van der Waals surface area contributed by atoms with Crippen LogP contribution in [0, 0.1) is 19.7 Å². The molecule has 2 rings (SSSR count). The molecule has 124 valence electrons. The van der Waals surface area contributed by atoms with E-state index in [1.54, 1.807) is 12.1 Å². The van der Waals surface area contributed by atoms with Crippen LogP contribution in [0.5, 0.6) is 0 Å². The van der Waals surface area contributed by atoms with Crippen molar-refractivity contribution in [3.63, 3.8) is 0 Å². The highest BCUT2D eigenvalue weighted by Crippen LogP contribution is 2.20. The number of esters is 1.